The van der Waals surface area contributed by atoms with Crippen LogP contribution in [0.1, 0.15) is 32.4 Å². The summed E-state index contributed by atoms with van der Waals surface area (Å²) in [6.07, 6.45) is 3.69. The number of rotatable bonds is 7. The molecule has 0 aromatic carbocycles. The SMILES string of the molecule is CC(C)CCCNC(=O)NCc1coc(-c2cccs2)n1. The molecule has 0 aliphatic heterocycles. The highest BCUT2D eigenvalue weighted by molar-refractivity contribution is 7.13. The first-order valence-electron chi connectivity index (χ1n) is 7.15. The lowest BCUT2D eigenvalue weighted by Crippen LogP contribution is -2.35. The normalized spacial score (nSPS) is 10.8. The van der Waals surface area contributed by atoms with Crippen LogP contribution >= 0.6 is 11.3 Å². The Hall–Kier alpha value is -1.82. The first-order chi connectivity index (χ1) is 10.1. The van der Waals surface area contributed by atoms with Crippen molar-refractivity contribution in [2.75, 3.05) is 6.54 Å². The topological polar surface area (TPSA) is 67.2 Å². The largest absolute Gasteiger partial charge is 0.443 e. The zero-order valence-electron chi connectivity index (χ0n) is 12.4. The van der Waals surface area contributed by atoms with Crippen molar-refractivity contribution < 1.29 is 9.21 Å². The molecule has 2 heterocycles. The van der Waals surface area contributed by atoms with E-state index in [0.29, 0.717) is 24.9 Å². The van der Waals surface area contributed by atoms with E-state index in [1.807, 2.05) is 17.5 Å². The van der Waals surface area contributed by atoms with Crippen molar-refractivity contribution in [2.45, 2.75) is 33.2 Å². The van der Waals surface area contributed by atoms with Crippen LogP contribution in [0.25, 0.3) is 10.8 Å². The summed E-state index contributed by atoms with van der Waals surface area (Å²) in [7, 11) is 0. The molecule has 21 heavy (non-hydrogen) atoms. The third-order valence-corrected chi connectivity index (χ3v) is 3.82. The van der Waals surface area contributed by atoms with Crippen LogP contribution in [0.2, 0.25) is 0 Å². The van der Waals surface area contributed by atoms with Crippen molar-refractivity contribution in [3.05, 3.63) is 29.5 Å². The second-order valence-corrected chi connectivity index (χ2v) is 6.21. The minimum Gasteiger partial charge on any atom is -0.443 e. The quantitative estimate of drug-likeness (QED) is 0.767. The fourth-order valence-corrected chi connectivity index (χ4v) is 2.50. The molecule has 5 nitrogen and oxygen atoms in total. The third-order valence-electron chi connectivity index (χ3n) is 2.96. The van der Waals surface area contributed by atoms with Crippen LogP contribution in [0, 0.1) is 5.92 Å². The van der Waals surface area contributed by atoms with Gasteiger partial charge in [-0.05, 0) is 30.2 Å². The number of thiophene rings is 1. The minimum absolute atomic E-state index is 0.167. The lowest BCUT2D eigenvalue weighted by atomic mass is 10.1. The monoisotopic (exact) mass is 307 g/mol. The maximum Gasteiger partial charge on any atom is 0.315 e. The highest BCUT2D eigenvalue weighted by Crippen LogP contribution is 2.23. The Bertz CT molecular complexity index is 549. The number of hydrogen-bond acceptors (Lipinski definition) is 4. The van der Waals surface area contributed by atoms with Gasteiger partial charge in [0, 0.05) is 6.54 Å². The smallest absolute Gasteiger partial charge is 0.315 e. The van der Waals surface area contributed by atoms with Crippen molar-refractivity contribution >= 4 is 17.4 Å². The molecule has 114 valence electrons. The maximum absolute atomic E-state index is 11.6. The Labute approximate surface area is 128 Å². The number of amides is 2. The molecule has 6 heteroatoms. The fraction of sp³-hybridized carbons (Fsp3) is 0.467. The van der Waals surface area contributed by atoms with E-state index < -0.39 is 0 Å². The molecule has 2 N–H and O–H groups in total. The zero-order chi connectivity index (χ0) is 15.1. The van der Waals surface area contributed by atoms with E-state index >= 15 is 0 Å². The molecule has 0 aliphatic rings. The number of urea groups is 1. The van der Waals surface area contributed by atoms with Crippen molar-refractivity contribution in [3.63, 3.8) is 0 Å². The third kappa shape index (κ3) is 5.23. The van der Waals surface area contributed by atoms with Crippen LogP contribution in [0.3, 0.4) is 0 Å². The van der Waals surface area contributed by atoms with E-state index in [4.69, 9.17) is 4.42 Å². The highest BCUT2D eigenvalue weighted by Gasteiger charge is 2.08. The molecule has 0 atom stereocenters. The average Bonchev–Trinajstić information content (AvgIpc) is 3.11. The van der Waals surface area contributed by atoms with E-state index in [0.717, 1.165) is 23.4 Å². The standard InChI is InChI=1S/C15H21N3O2S/c1-11(2)5-3-7-16-15(19)17-9-12-10-20-14(18-12)13-6-4-8-21-13/h4,6,8,10-11H,3,5,7,9H2,1-2H3,(H2,16,17,19). The summed E-state index contributed by atoms with van der Waals surface area (Å²) in [5.74, 6) is 1.26. The van der Waals surface area contributed by atoms with Gasteiger partial charge in [-0.25, -0.2) is 9.78 Å². The first-order valence-corrected chi connectivity index (χ1v) is 8.03. The van der Waals surface area contributed by atoms with E-state index in [9.17, 15) is 4.79 Å². The van der Waals surface area contributed by atoms with Crippen LogP contribution in [0.5, 0.6) is 0 Å². The summed E-state index contributed by atoms with van der Waals surface area (Å²) in [5.41, 5.74) is 0.718. The highest BCUT2D eigenvalue weighted by atomic mass is 32.1. The first kappa shape index (κ1) is 15.6. The van der Waals surface area contributed by atoms with Gasteiger partial charge < -0.3 is 15.1 Å². The van der Waals surface area contributed by atoms with Gasteiger partial charge in [-0.15, -0.1) is 11.3 Å². The molecule has 0 saturated carbocycles. The molecular weight excluding hydrogens is 286 g/mol. The van der Waals surface area contributed by atoms with Crippen LogP contribution in [-0.4, -0.2) is 17.6 Å². The lowest BCUT2D eigenvalue weighted by molar-refractivity contribution is 0.240. The number of nitrogens with one attached hydrogen (secondary N) is 2. The van der Waals surface area contributed by atoms with E-state index in [1.54, 1.807) is 17.6 Å². The molecule has 2 aromatic rings. The van der Waals surface area contributed by atoms with E-state index in [1.165, 1.54) is 0 Å². The molecule has 2 amide bonds. The van der Waals surface area contributed by atoms with Gasteiger partial charge in [-0.2, -0.15) is 0 Å². The van der Waals surface area contributed by atoms with Crippen LogP contribution in [0.15, 0.2) is 28.2 Å². The van der Waals surface area contributed by atoms with Crippen molar-refractivity contribution in [3.8, 4) is 10.8 Å². The van der Waals surface area contributed by atoms with Crippen molar-refractivity contribution in [1.82, 2.24) is 15.6 Å². The Morgan fingerprint density at radius 3 is 3.00 bits per heavy atom. The molecule has 2 aromatic heterocycles. The van der Waals surface area contributed by atoms with Gasteiger partial charge in [0.05, 0.1) is 17.1 Å². The molecule has 2 rings (SSSR count). The summed E-state index contributed by atoms with van der Waals surface area (Å²) < 4.78 is 5.39. The Balaban J connectivity index is 1.69. The van der Waals surface area contributed by atoms with Gasteiger partial charge in [-0.3, -0.25) is 0 Å². The lowest BCUT2D eigenvalue weighted by Gasteiger charge is -2.07. The van der Waals surface area contributed by atoms with Gasteiger partial charge in [0.1, 0.15) is 6.26 Å². The van der Waals surface area contributed by atoms with E-state index in [-0.39, 0.29) is 6.03 Å². The molecule has 0 aliphatic carbocycles. The Kier molecular flexibility index (Phi) is 5.80. The van der Waals surface area contributed by atoms with Gasteiger partial charge in [0.15, 0.2) is 0 Å². The maximum atomic E-state index is 11.6. The number of nitrogens with zero attached hydrogens (tertiary/aromatic N) is 1. The predicted octanol–water partition coefficient (Wildman–Crippen LogP) is 3.64. The molecular formula is C15H21N3O2S. The fourth-order valence-electron chi connectivity index (χ4n) is 1.85. The second kappa shape index (κ2) is 7.83. The van der Waals surface area contributed by atoms with Gasteiger partial charge in [0.25, 0.3) is 0 Å². The predicted molar refractivity (Wildman–Crippen MR) is 84.1 cm³/mol. The number of carbonyl (C=O) groups excluding carboxylic acids is 1. The molecule has 0 unspecified atom stereocenters. The molecule has 0 spiro atoms. The van der Waals surface area contributed by atoms with Gasteiger partial charge in [0.2, 0.25) is 5.89 Å². The summed E-state index contributed by atoms with van der Waals surface area (Å²) in [6.45, 7) is 5.42. The molecule has 0 radical (unpaired) electrons. The number of hydrogen-bond donors (Lipinski definition) is 2. The summed E-state index contributed by atoms with van der Waals surface area (Å²) >= 11 is 1.57. The zero-order valence-corrected chi connectivity index (χ0v) is 13.2. The van der Waals surface area contributed by atoms with Crippen molar-refractivity contribution in [1.29, 1.82) is 0 Å². The van der Waals surface area contributed by atoms with Gasteiger partial charge in [-0.1, -0.05) is 19.9 Å². The summed E-state index contributed by atoms with van der Waals surface area (Å²) in [5, 5.41) is 7.59. The number of oxazole rings is 1. The van der Waals surface area contributed by atoms with Crippen LogP contribution < -0.4 is 10.6 Å². The van der Waals surface area contributed by atoms with Crippen LogP contribution in [0.4, 0.5) is 4.79 Å². The minimum atomic E-state index is -0.167. The van der Waals surface area contributed by atoms with Crippen molar-refractivity contribution in [2.24, 2.45) is 5.92 Å². The summed E-state index contributed by atoms with van der Waals surface area (Å²) in [6, 6.07) is 3.74. The number of carbonyl (C=O) groups is 1. The average molecular weight is 307 g/mol. The molecule has 0 bridgehead atoms. The second-order valence-electron chi connectivity index (χ2n) is 5.27. The van der Waals surface area contributed by atoms with Gasteiger partial charge >= 0.3 is 6.03 Å². The Morgan fingerprint density at radius 2 is 2.29 bits per heavy atom. The Morgan fingerprint density at radius 1 is 1.43 bits per heavy atom. The van der Waals surface area contributed by atoms with E-state index in [2.05, 4.69) is 29.5 Å². The van der Waals surface area contributed by atoms with Crippen LogP contribution in [-0.2, 0) is 6.54 Å². The number of aromatic nitrogens is 1. The molecule has 0 fully saturated rings. The summed E-state index contributed by atoms with van der Waals surface area (Å²) in [4.78, 5) is 16.9. The molecule has 0 saturated heterocycles.